The summed E-state index contributed by atoms with van der Waals surface area (Å²) in [5.74, 6) is 1.58. The van der Waals surface area contributed by atoms with E-state index in [-0.39, 0.29) is 17.4 Å². The standard InChI is InChI=1S/C24H24N4O3S/c1-15-16-10-20-21(31-9-8-30-20)11-17(16)24(4-2-3-5-24)14-28(15)23(29)19-13-32-22(27-19)18-12-25-6-7-26-18/h6-7,10-13,15H,2-5,8-9,14H2,1H3. The zero-order chi connectivity index (χ0) is 21.7. The molecule has 0 N–H and O–H groups in total. The number of carbonyl (C=O) groups excluding carboxylic acids is 1. The van der Waals surface area contributed by atoms with Crippen LogP contribution in [0.3, 0.4) is 0 Å². The largest absolute Gasteiger partial charge is 0.486 e. The number of ether oxygens (including phenoxy) is 2. The quantitative estimate of drug-likeness (QED) is 0.578. The van der Waals surface area contributed by atoms with Crippen LogP contribution in [0.15, 0.2) is 36.1 Å². The Kier molecular flexibility index (Phi) is 4.64. The number of rotatable bonds is 2. The first-order chi connectivity index (χ1) is 15.6. The van der Waals surface area contributed by atoms with E-state index < -0.39 is 0 Å². The molecule has 0 radical (unpaired) electrons. The zero-order valence-electron chi connectivity index (χ0n) is 17.9. The van der Waals surface area contributed by atoms with Gasteiger partial charge in [0.25, 0.3) is 5.91 Å². The normalized spacial score (nSPS) is 20.9. The van der Waals surface area contributed by atoms with Gasteiger partial charge in [0.1, 0.15) is 29.6 Å². The first kappa shape index (κ1) is 19.7. The summed E-state index contributed by atoms with van der Waals surface area (Å²) in [5.41, 5.74) is 3.62. The molecule has 0 saturated heterocycles. The minimum atomic E-state index is -0.0683. The van der Waals surface area contributed by atoms with Crippen LogP contribution in [-0.2, 0) is 5.41 Å². The van der Waals surface area contributed by atoms with E-state index in [4.69, 9.17) is 9.47 Å². The van der Waals surface area contributed by atoms with Gasteiger partial charge in [-0.2, -0.15) is 0 Å². The Balaban J connectivity index is 1.38. The second kappa shape index (κ2) is 7.55. The molecule has 3 aliphatic rings. The lowest BCUT2D eigenvalue weighted by molar-refractivity contribution is 0.0588. The molecular weight excluding hydrogens is 424 g/mol. The second-order valence-corrected chi connectivity index (χ2v) is 9.67. The fourth-order valence-corrected chi connectivity index (χ4v) is 6.15. The van der Waals surface area contributed by atoms with Gasteiger partial charge in [-0.15, -0.1) is 11.3 Å². The van der Waals surface area contributed by atoms with E-state index >= 15 is 0 Å². The molecule has 1 aliphatic carbocycles. The Morgan fingerprint density at radius 1 is 1.16 bits per heavy atom. The van der Waals surface area contributed by atoms with Crippen LogP contribution in [0, 0.1) is 0 Å². The average molecular weight is 449 g/mol. The van der Waals surface area contributed by atoms with Gasteiger partial charge < -0.3 is 14.4 Å². The Morgan fingerprint density at radius 2 is 1.94 bits per heavy atom. The third-order valence-electron chi connectivity index (χ3n) is 7.00. The van der Waals surface area contributed by atoms with Crippen LogP contribution in [0.1, 0.15) is 60.3 Å². The second-order valence-electron chi connectivity index (χ2n) is 8.81. The number of aromatic nitrogens is 3. The minimum Gasteiger partial charge on any atom is -0.486 e. The van der Waals surface area contributed by atoms with Gasteiger partial charge in [-0.1, -0.05) is 12.8 Å². The summed E-state index contributed by atoms with van der Waals surface area (Å²) in [5, 5.41) is 2.54. The van der Waals surface area contributed by atoms with E-state index in [1.165, 1.54) is 35.3 Å². The van der Waals surface area contributed by atoms with Crippen LogP contribution in [0.4, 0.5) is 0 Å². The van der Waals surface area contributed by atoms with E-state index in [1.807, 2.05) is 10.3 Å². The SMILES string of the molecule is CC1c2cc3c(cc2C2(CCCC2)CN1C(=O)c1csc(-c2cnccn2)n1)OCCO3. The van der Waals surface area contributed by atoms with E-state index in [0.29, 0.717) is 36.2 Å². The highest BCUT2D eigenvalue weighted by atomic mass is 32.1. The lowest BCUT2D eigenvalue weighted by Gasteiger charge is -2.46. The highest BCUT2D eigenvalue weighted by Crippen LogP contribution is 2.52. The molecule has 1 amide bonds. The molecular formula is C24H24N4O3S. The molecule has 0 bridgehead atoms. The maximum Gasteiger partial charge on any atom is 0.273 e. The Hall–Kier alpha value is -3.00. The van der Waals surface area contributed by atoms with Gasteiger partial charge in [0.2, 0.25) is 0 Å². The van der Waals surface area contributed by atoms with Gasteiger partial charge in [-0.3, -0.25) is 14.8 Å². The van der Waals surface area contributed by atoms with Crippen LogP contribution in [-0.4, -0.2) is 45.5 Å². The topological polar surface area (TPSA) is 77.4 Å². The fourth-order valence-electron chi connectivity index (χ4n) is 5.40. The first-order valence-electron chi connectivity index (χ1n) is 11.1. The Labute approximate surface area is 190 Å². The summed E-state index contributed by atoms with van der Waals surface area (Å²) in [7, 11) is 0. The molecule has 1 fully saturated rings. The molecule has 1 atom stereocenters. The number of hydrogen-bond acceptors (Lipinski definition) is 7. The molecule has 8 heteroatoms. The van der Waals surface area contributed by atoms with E-state index in [2.05, 4.69) is 34.0 Å². The monoisotopic (exact) mass is 448 g/mol. The van der Waals surface area contributed by atoms with E-state index in [9.17, 15) is 4.79 Å². The van der Waals surface area contributed by atoms with Crippen molar-refractivity contribution in [1.29, 1.82) is 0 Å². The molecule has 1 saturated carbocycles. The van der Waals surface area contributed by atoms with Crippen molar-refractivity contribution in [1.82, 2.24) is 19.9 Å². The summed E-state index contributed by atoms with van der Waals surface area (Å²) in [4.78, 5) is 28.7. The summed E-state index contributed by atoms with van der Waals surface area (Å²) >= 11 is 1.43. The van der Waals surface area contributed by atoms with Crippen LogP contribution in [0.25, 0.3) is 10.7 Å². The van der Waals surface area contributed by atoms with Gasteiger partial charge in [-0.25, -0.2) is 4.98 Å². The summed E-state index contributed by atoms with van der Waals surface area (Å²) < 4.78 is 11.8. The van der Waals surface area contributed by atoms with Gasteiger partial charge in [0.15, 0.2) is 11.5 Å². The summed E-state index contributed by atoms with van der Waals surface area (Å²) in [6.07, 6.45) is 9.46. The third kappa shape index (κ3) is 3.08. The van der Waals surface area contributed by atoms with Crippen molar-refractivity contribution >= 4 is 17.2 Å². The lowest BCUT2D eigenvalue weighted by Crippen LogP contribution is -2.48. The molecule has 2 aliphatic heterocycles. The number of carbonyl (C=O) groups is 1. The zero-order valence-corrected chi connectivity index (χ0v) is 18.7. The van der Waals surface area contributed by atoms with Crippen molar-refractivity contribution in [3.05, 3.63) is 52.9 Å². The van der Waals surface area contributed by atoms with Crippen LogP contribution in [0.2, 0.25) is 0 Å². The average Bonchev–Trinajstić information content (AvgIpc) is 3.52. The fraction of sp³-hybridized carbons (Fsp3) is 0.417. The van der Waals surface area contributed by atoms with Crippen molar-refractivity contribution in [2.75, 3.05) is 19.8 Å². The molecule has 6 rings (SSSR count). The van der Waals surface area contributed by atoms with Gasteiger partial charge in [0, 0.05) is 29.7 Å². The smallest absolute Gasteiger partial charge is 0.273 e. The molecule has 4 heterocycles. The maximum absolute atomic E-state index is 13.7. The molecule has 1 unspecified atom stereocenters. The van der Waals surface area contributed by atoms with Gasteiger partial charge in [-0.05, 0) is 43.0 Å². The van der Waals surface area contributed by atoms with E-state index in [0.717, 1.165) is 24.3 Å². The number of amides is 1. The summed E-state index contributed by atoms with van der Waals surface area (Å²) in [6, 6.07) is 4.21. The van der Waals surface area contributed by atoms with Crippen molar-refractivity contribution in [3.8, 4) is 22.2 Å². The first-order valence-corrected chi connectivity index (χ1v) is 12.0. The maximum atomic E-state index is 13.7. The van der Waals surface area contributed by atoms with Crippen molar-refractivity contribution in [2.45, 2.75) is 44.1 Å². The number of benzene rings is 1. The highest BCUT2D eigenvalue weighted by molar-refractivity contribution is 7.13. The number of nitrogens with zero attached hydrogens (tertiary/aromatic N) is 4. The predicted molar refractivity (Wildman–Crippen MR) is 120 cm³/mol. The molecule has 2 aromatic heterocycles. The Morgan fingerprint density at radius 3 is 2.69 bits per heavy atom. The van der Waals surface area contributed by atoms with Gasteiger partial charge in [0.05, 0.1) is 12.2 Å². The minimum absolute atomic E-state index is 0.0307. The molecule has 1 aromatic carbocycles. The van der Waals surface area contributed by atoms with E-state index in [1.54, 1.807) is 18.6 Å². The van der Waals surface area contributed by atoms with Crippen molar-refractivity contribution < 1.29 is 14.3 Å². The third-order valence-corrected chi connectivity index (χ3v) is 7.87. The number of thiazole rings is 1. The number of fused-ring (bicyclic) bond motifs is 3. The van der Waals surface area contributed by atoms with Crippen LogP contribution >= 0.6 is 11.3 Å². The lowest BCUT2D eigenvalue weighted by atomic mass is 9.71. The molecule has 3 aromatic rings. The van der Waals surface area contributed by atoms with Gasteiger partial charge >= 0.3 is 0 Å². The Bertz CT molecular complexity index is 1170. The molecule has 7 nitrogen and oxygen atoms in total. The summed E-state index contributed by atoms with van der Waals surface area (Å²) in [6.45, 7) is 3.94. The van der Waals surface area contributed by atoms with Crippen LogP contribution < -0.4 is 9.47 Å². The van der Waals surface area contributed by atoms with Crippen molar-refractivity contribution in [2.24, 2.45) is 0 Å². The van der Waals surface area contributed by atoms with Crippen molar-refractivity contribution in [3.63, 3.8) is 0 Å². The molecule has 32 heavy (non-hydrogen) atoms. The molecule has 164 valence electrons. The van der Waals surface area contributed by atoms with Crippen LogP contribution in [0.5, 0.6) is 11.5 Å². The molecule has 1 spiro atoms. The number of hydrogen-bond donors (Lipinski definition) is 0. The highest BCUT2D eigenvalue weighted by Gasteiger charge is 2.46. The predicted octanol–water partition coefficient (Wildman–Crippen LogP) is 4.40.